The molecule has 0 bridgehead atoms. The molecule has 0 aliphatic rings. The molecule has 0 fully saturated rings. The molecule has 11 aromatic rings. The molecular weight excluding hydrogens is 703 g/mol. The predicted octanol–water partition coefficient (Wildman–Crippen LogP) is 16.0. The molecule has 0 N–H and O–H groups in total. The second-order valence-electron chi connectivity index (χ2n) is 14.9. The minimum absolute atomic E-state index is 0.889. The molecular formula is C56H37NO. The van der Waals surface area contributed by atoms with Crippen LogP contribution in [0.15, 0.2) is 229 Å². The fraction of sp³-hybridized carbons (Fsp3) is 0. The van der Waals surface area contributed by atoms with Crippen LogP contribution in [-0.2, 0) is 0 Å². The number of hydrogen-bond donors (Lipinski definition) is 0. The first-order chi connectivity index (χ1) is 28.7. The highest BCUT2D eigenvalue weighted by molar-refractivity contribution is 6.11. The summed E-state index contributed by atoms with van der Waals surface area (Å²) in [4.78, 5) is 2.42. The molecule has 0 radical (unpaired) electrons. The van der Waals surface area contributed by atoms with Gasteiger partial charge in [-0.05, 0) is 110 Å². The van der Waals surface area contributed by atoms with Gasteiger partial charge in [0, 0.05) is 27.4 Å². The van der Waals surface area contributed by atoms with Crippen LogP contribution in [-0.4, -0.2) is 0 Å². The van der Waals surface area contributed by atoms with Crippen LogP contribution in [0.4, 0.5) is 17.1 Å². The molecule has 2 nitrogen and oxygen atoms in total. The molecule has 11 rings (SSSR count). The molecule has 0 atom stereocenters. The Morgan fingerprint density at radius 2 is 0.862 bits per heavy atom. The third-order valence-corrected chi connectivity index (χ3v) is 11.4. The van der Waals surface area contributed by atoms with Crippen molar-refractivity contribution in [3.8, 4) is 44.5 Å². The smallest absolute Gasteiger partial charge is 0.136 e. The first kappa shape index (κ1) is 33.6. The first-order valence-corrected chi connectivity index (χ1v) is 19.8. The molecule has 1 aromatic heterocycles. The Morgan fingerprint density at radius 3 is 1.66 bits per heavy atom. The minimum atomic E-state index is 0.889. The second kappa shape index (κ2) is 14.1. The lowest BCUT2D eigenvalue weighted by Gasteiger charge is -2.29. The van der Waals surface area contributed by atoms with Crippen molar-refractivity contribution in [3.05, 3.63) is 224 Å². The maximum Gasteiger partial charge on any atom is 0.136 e. The third-order valence-electron chi connectivity index (χ3n) is 11.4. The van der Waals surface area contributed by atoms with Crippen molar-refractivity contribution in [2.45, 2.75) is 0 Å². The lowest BCUT2D eigenvalue weighted by atomic mass is 9.91. The highest BCUT2D eigenvalue weighted by Crippen LogP contribution is 2.45. The van der Waals surface area contributed by atoms with Gasteiger partial charge in [0.25, 0.3) is 0 Å². The Balaban J connectivity index is 1.05. The number of anilines is 3. The van der Waals surface area contributed by atoms with Crippen LogP contribution in [0.3, 0.4) is 0 Å². The van der Waals surface area contributed by atoms with Crippen LogP contribution in [0.5, 0.6) is 0 Å². The molecule has 58 heavy (non-hydrogen) atoms. The number of benzene rings is 10. The van der Waals surface area contributed by atoms with Crippen LogP contribution in [0.25, 0.3) is 88.0 Å². The van der Waals surface area contributed by atoms with E-state index in [4.69, 9.17) is 4.42 Å². The summed E-state index contributed by atoms with van der Waals surface area (Å²) in [6.45, 7) is 0. The number of rotatable bonds is 7. The summed E-state index contributed by atoms with van der Waals surface area (Å²) in [6, 6.07) is 80.8. The quantitative estimate of drug-likeness (QED) is 0.162. The van der Waals surface area contributed by atoms with Gasteiger partial charge in [-0.25, -0.2) is 0 Å². The summed E-state index contributed by atoms with van der Waals surface area (Å²) >= 11 is 0. The number of fused-ring (bicyclic) bond motifs is 5. The number of nitrogens with zero attached hydrogens (tertiary/aromatic N) is 1. The Kier molecular flexibility index (Phi) is 8.19. The first-order valence-electron chi connectivity index (χ1n) is 19.8. The van der Waals surface area contributed by atoms with E-state index in [1.54, 1.807) is 0 Å². The second-order valence-corrected chi connectivity index (χ2v) is 14.9. The van der Waals surface area contributed by atoms with Gasteiger partial charge in [-0.3, -0.25) is 0 Å². The van der Waals surface area contributed by atoms with Gasteiger partial charge >= 0.3 is 0 Å². The maximum absolute atomic E-state index is 6.41. The molecule has 0 spiro atoms. The Morgan fingerprint density at radius 1 is 0.276 bits per heavy atom. The highest BCUT2D eigenvalue weighted by Gasteiger charge is 2.20. The van der Waals surface area contributed by atoms with Crippen molar-refractivity contribution < 1.29 is 4.42 Å². The van der Waals surface area contributed by atoms with Crippen molar-refractivity contribution in [3.63, 3.8) is 0 Å². The van der Waals surface area contributed by atoms with Crippen LogP contribution in [0, 0.1) is 0 Å². The standard InChI is InChI=1S/C56H37NO/c1-3-14-39(15-4-1)47-32-28-44(34-50(47)41-16-5-2-6-17-41)38-26-30-46(31-27-38)57(54-25-13-21-40-18-9-10-22-48(40)54)53-24-12-11-23-49(53)45-29-33-55-51(36-45)52-35-42-19-7-8-20-43(42)37-56(52)58-55/h1-37H. The van der Waals surface area contributed by atoms with Crippen LogP contribution in [0.2, 0.25) is 0 Å². The topological polar surface area (TPSA) is 16.4 Å². The number of para-hydroxylation sites is 1. The van der Waals surface area contributed by atoms with Gasteiger partial charge in [0.2, 0.25) is 0 Å². The molecule has 0 unspecified atom stereocenters. The van der Waals surface area contributed by atoms with Gasteiger partial charge in [-0.15, -0.1) is 0 Å². The molecule has 0 amide bonds. The summed E-state index contributed by atoms with van der Waals surface area (Å²) in [6.07, 6.45) is 0. The van der Waals surface area contributed by atoms with Gasteiger partial charge in [0.1, 0.15) is 11.2 Å². The highest BCUT2D eigenvalue weighted by atomic mass is 16.3. The normalized spacial score (nSPS) is 11.4. The van der Waals surface area contributed by atoms with Crippen molar-refractivity contribution in [1.82, 2.24) is 0 Å². The van der Waals surface area contributed by atoms with Crippen LogP contribution in [0.1, 0.15) is 0 Å². The van der Waals surface area contributed by atoms with Crippen molar-refractivity contribution in [2.24, 2.45) is 0 Å². The largest absolute Gasteiger partial charge is 0.456 e. The van der Waals surface area contributed by atoms with E-state index < -0.39 is 0 Å². The monoisotopic (exact) mass is 739 g/mol. The Bertz CT molecular complexity index is 3270. The summed E-state index contributed by atoms with van der Waals surface area (Å²) in [5.41, 5.74) is 14.6. The molecule has 10 aromatic carbocycles. The van der Waals surface area contributed by atoms with E-state index in [0.717, 1.165) is 55.7 Å². The minimum Gasteiger partial charge on any atom is -0.456 e. The molecule has 0 aliphatic carbocycles. The lowest BCUT2D eigenvalue weighted by molar-refractivity contribution is 0.669. The average molecular weight is 740 g/mol. The number of hydrogen-bond acceptors (Lipinski definition) is 2. The molecule has 2 heteroatoms. The Hall–Kier alpha value is -7.68. The summed E-state index contributed by atoms with van der Waals surface area (Å²) in [5.74, 6) is 0. The van der Waals surface area contributed by atoms with Gasteiger partial charge in [0.15, 0.2) is 0 Å². The van der Waals surface area contributed by atoms with Gasteiger partial charge in [-0.2, -0.15) is 0 Å². The lowest BCUT2D eigenvalue weighted by Crippen LogP contribution is -2.11. The zero-order valence-electron chi connectivity index (χ0n) is 31.7. The summed E-state index contributed by atoms with van der Waals surface area (Å²) in [7, 11) is 0. The SMILES string of the molecule is c1ccc(-c2ccc(-c3ccc(N(c4ccccc4-c4ccc5oc6cc7ccccc7cc6c5c4)c4cccc5ccccc45)cc3)cc2-c2ccccc2)cc1. The molecule has 272 valence electrons. The fourth-order valence-electron chi connectivity index (χ4n) is 8.61. The van der Waals surface area contributed by atoms with E-state index in [1.165, 1.54) is 49.4 Å². The average Bonchev–Trinajstić information content (AvgIpc) is 3.65. The van der Waals surface area contributed by atoms with Gasteiger partial charge < -0.3 is 9.32 Å². The van der Waals surface area contributed by atoms with E-state index in [-0.39, 0.29) is 0 Å². The van der Waals surface area contributed by atoms with Crippen molar-refractivity contribution in [2.75, 3.05) is 4.90 Å². The molecule has 0 saturated heterocycles. The zero-order valence-corrected chi connectivity index (χ0v) is 31.7. The van der Waals surface area contributed by atoms with Gasteiger partial charge in [-0.1, -0.05) is 170 Å². The fourth-order valence-corrected chi connectivity index (χ4v) is 8.61. The summed E-state index contributed by atoms with van der Waals surface area (Å²) < 4.78 is 6.41. The summed E-state index contributed by atoms with van der Waals surface area (Å²) in [5, 5.41) is 7.01. The van der Waals surface area contributed by atoms with Crippen LogP contribution < -0.4 is 4.90 Å². The van der Waals surface area contributed by atoms with Crippen LogP contribution >= 0.6 is 0 Å². The molecule has 0 aliphatic heterocycles. The zero-order chi connectivity index (χ0) is 38.4. The predicted molar refractivity (Wildman–Crippen MR) is 245 cm³/mol. The third kappa shape index (κ3) is 5.91. The molecule has 1 heterocycles. The van der Waals surface area contributed by atoms with E-state index >= 15 is 0 Å². The van der Waals surface area contributed by atoms with E-state index in [9.17, 15) is 0 Å². The van der Waals surface area contributed by atoms with Crippen molar-refractivity contribution in [1.29, 1.82) is 0 Å². The number of furan rings is 1. The Labute approximate surface area is 337 Å². The van der Waals surface area contributed by atoms with E-state index in [0.29, 0.717) is 0 Å². The maximum atomic E-state index is 6.41. The van der Waals surface area contributed by atoms with Crippen molar-refractivity contribution >= 4 is 60.5 Å². The van der Waals surface area contributed by atoms with E-state index in [1.807, 2.05) is 0 Å². The van der Waals surface area contributed by atoms with Gasteiger partial charge in [0.05, 0.1) is 11.4 Å². The molecule has 0 saturated carbocycles. The van der Waals surface area contributed by atoms with E-state index in [2.05, 4.69) is 229 Å².